The van der Waals surface area contributed by atoms with Crippen molar-refractivity contribution in [1.82, 2.24) is 0 Å². The smallest absolute Gasteiger partial charge is 0.141 e. The van der Waals surface area contributed by atoms with Crippen molar-refractivity contribution in [3.05, 3.63) is 59.1 Å². The summed E-state index contributed by atoms with van der Waals surface area (Å²) in [5, 5.41) is 0.653. The van der Waals surface area contributed by atoms with Crippen LogP contribution in [0.15, 0.2) is 53.4 Å². The van der Waals surface area contributed by atoms with Crippen molar-refractivity contribution in [3.63, 3.8) is 0 Å². The molecule has 0 radical (unpaired) electrons. The summed E-state index contributed by atoms with van der Waals surface area (Å²) in [6.45, 7) is 1.22. The third-order valence-electron chi connectivity index (χ3n) is 2.80. The van der Waals surface area contributed by atoms with Crippen LogP contribution in [0.5, 0.6) is 5.75 Å². The van der Waals surface area contributed by atoms with Gasteiger partial charge in [0.1, 0.15) is 5.75 Å². The molecule has 0 saturated heterocycles. The lowest BCUT2D eigenvalue weighted by Crippen LogP contribution is -2.07. The van der Waals surface area contributed by atoms with Crippen molar-refractivity contribution in [3.8, 4) is 5.75 Å². The van der Waals surface area contributed by atoms with Crippen LogP contribution >= 0.6 is 23.4 Å². The summed E-state index contributed by atoms with van der Waals surface area (Å²) < 4.78 is 5.83. The first-order valence-corrected chi connectivity index (χ1v) is 7.95. The Balaban J connectivity index is 1.87. The molecule has 0 aliphatic heterocycles. The van der Waals surface area contributed by atoms with Gasteiger partial charge in [0.25, 0.3) is 0 Å². The molecule has 0 fully saturated rings. The highest BCUT2D eigenvalue weighted by molar-refractivity contribution is 7.99. The van der Waals surface area contributed by atoms with Crippen molar-refractivity contribution in [1.29, 1.82) is 0 Å². The Morgan fingerprint density at radius 2 is 1.85 bits per heavy atom. The van der Waals surface area contributed by atoms with E-state index in [2.05, 4.69) is 12.1 Å². The molecule has 0 aliphatic carbocycles. The minimum atomic E-state index is 0.593. The SMILES string of the molecule is NCCc1cccc(Cl)c1OCCSc1ccccc1. The van der Waals surface area contributed by atoms with Crippen molar-refractivity contribution >= 4 is 23.4 Å². The molecule has 2 rings (SSSR count). The molecule has 0 aliphatic rings. The van der Waals surface area contributed by atoms with Gasteiger partial charge in [0.15, 0.2) is 0 Å². The Kier molecular flexibility index (Phi) is 6.25. The van der Waals surface area contributed by atoms with Crippen LogP contribution in [0, 0.1) is 0 Å². The summed E-state index contributed by atoms with van der Waals surface area (Å²) in [6.07, 6.45) is 0.779. The molecular formula is C16H18ClNOS. The van der Waals surface area contributed by atoms with Gasteiger partial charge in [-0.1, -0.05) is 41.9 Å². The zero-order valence-electron chi connectivity index (χ0n) is 11.2. The van der Waals surface area contributed by atoms with E-state index < -0.39 is 0 Å². The predicted molar refractivity (Wildman–Crippen MR) is 86.9 cm³/mol. The van der Waals surface area contributed by atoms with Gasteiger partial charge < -0.3 is 10.5 Å². The summed E-state index contributed by atoms with van der Waals surface area (Å²) in [4.78, 5) is 1.25. The van der Waals surface area contributed by atoms with Gasteiger partial charge in [-0.05, 0) is 36.7 Å². The summed E-state index contributed by atoms with van der Waals surface area (Å²) in [5.74, 6) is 1.66. The molecule has 4 heteroatoms. The molecule has 2 aromatic rings. The van der Waals surface area contributed by atoms with Crippen LogP contribution in [0.2, 0.25) is 5.02 Å². The first-order valence-electron chi connectivity index (χ1n) is 6.59. The molecule has 0 bridgehead atoms. The van der Waals surface area contributed by atoms with Crippen molar-refractivity contribution in [2.24, 2.45) is 5.73 Å². The molecule has 0 amide bonds. The van der Waals surface area contributed by atoms with Crippen LogP contribution in [0.25, 0.3) is 0 Å². The fraction of sp³-hybridized carbons (Fsp3) is 0.250. The maximum absolute atomic E-state index is 6.19. The molecule has 2 N–H and O–H groups in total. The quantitative estimate of drug-likeness (QED) is 0.620. The van der Waals surface area contributed by atoms with Gasteiger partial charge >= 0.3 is 0 Å². The van der Waals surface area contributed by atoms with Gasteiger partial charge in [-0.2, -0.15) is 0 Å². The van der Waals surface area contributed by atoms with Crippen LogP contribution in [-0.4, -0.2) is 18.9 Å². The molecule has 0 heterocycles. The minimum Gasteiger partial charge on any atom is -0.491 e. The molecule has 0 aromatic heterocycles. The number of benzene rings is 2. The molecule has 0 saturated carbocycles. The minimum absolute atomic E-state index is 0.593. The fourth-order valence-corrected chi connectivity index (χ4v) is 2.89. The number of para-hydroxylation sites is 1. The predicted octanol–water partition coefficient (Wildman–Crippen LogP) is 4.01. The summed E-state index contributed by atoms with van der Waals surface area (Å²) >= 11 is 7.96. The van der Waals surface area contributed by atoms with E-state index in [1.165, 1.54) is 4.90 Å². The number of thioether (sulfide) groups is 1. The highest BCUT2D eigenvalue weighted by Crippen LogP contribution is 2.29. The monoisotopic (exact) mass is 307 g/mol. The normalized spacial score (nSPS) is 10.5. The van der Waals surface area contributed by atoms with Crippen LogP contribution in [-0.2, 0) is 6.42 Å². The van der Waals surface area contributed by atoms with Gasteiger partial charge in [-0.15, -0.1) is 11.8 Å². The van der Waals surface area contributed by atoms with E-state index in [9.17, 15) is 0 Å². The number of halogens is 1. The first-order chi connectivity index (χ1) is 9.81. The Morgan fingerprint density at radius 1 is 1.05 bits per heavy atom. The molecule has 20 heavy (non-hydrogen) atoms. The van der Waals surface area contributed by atoms with E-state index in [4.69, 9.17) is 22.1 Å². The lowest BCUT2D eigenvalue weighted by molar-refractivity contribution is 0.340. The van der Waals surface area contributed by atoms with Crippen LogP contribution < -0.4 is 10.5 Å². The van der Waals surface area contributed by atoms with E-state index in [1.54, 1.807) is 11.8 Å². The summed E-state index contributed by atoms with van der Waals surface area (Å²) in [7, 11) is 0. The highest BCUT2D eigenvalue weighted by atomic mass is 35.5. The number of nitrogens with two attached hydrogens (primary N) is 1. The molecule has 106 valence electrons. The van der Waals surface area contributed by atoms with Gasteiger partial charge in [0, 0.05) is 10.6 Å². The van der Waals surface area contributed by atoms with E-state index >= 15 is 0 Å². The Morgan fingerprint density at radius 3 is 2.60 bits per heavy atom. The van der Waals surface area contributed by atoms with Crippen molar-refractivity contribution in [2.75, 3.05) is 18.9 Å². The molecule has 0 spiro atoms. The average molecular weight is 308 g/mol. The number of hydrogen-bond donors (Lipinski definition) is 1. The third kappa shape index (κ3) is 4.44. The van der Waals surface area contributed by atoms with E-state index in [1.807, 2.05) is 36.4 Å². The maximum atomic E-state index is 6.19. The highest BCUT2D eigenvalue weighted by Gasteiger charge is 2.07. The summed E-state index contributed by atoms with van der Waals surface area (Å²) in [6, 6.07) is 16.1. The van der Waals surface area contributed by atoms with E-state index in [0.29, 0.717) is 18.2 Å². The molecule has 0 unspecified atom stereocenters. The van der Waals surface area contributed by atoms with Crippen molar-refractivity contribution in [2.45, 2.75) is 11.3 Å². The maximum Gasteiger partial charge on any atom is 0.141 e. The van der Waals surface area contributed by atoms with Gasteiger partial charge in [0.05, 0.1) is 11.6 Å². The van der Waals surface area contributed by atoms with Crippen LogP contribution in [0.1, 0.15) is 5.56 Å². The Labute approximate surface area is 129 Å². The zero-order valence-corrected chi connectivity index (χ0v) is 12.8. The second-order valence-corrected chi connectivity index (χ2v) is 5.85. The van der Waals surface area contributed by atoms with Crippen LogP contribution in [0.4, 0.5) is 0 Å². The largest absolute Gasteiger partial charge is 0.491 e. The van der Waals surface area contributed by atoms with Crippen LogP contribution in [0.3, 0.4) is 0 Å². The second-order valence-electron chi connectivity index (χ2n) is 4.28. The number of rotatable bonds is 7. The molecule has 2 nitrogen and oxygen atoms in total. The van der Waals surface area contributed by atoms with E-state index in [0.717, 1.165) is 23.5 Å². The topological polar surface area (TPSA) is 35.2 Å². The molecule has 0 atom stereocenters. The lowest BCUT2D eigenvalue weighted by Gasteiger charge is -2.12. The van der Waals surface area contributed by atoms with Gasteiger partial charge in [-0.3, -0.25) is 0 Å². The second kappa shape index (κ2) is 8.20. The number of ether oxygens (including phenoxy) is 1. The fourth-order valence-electron chi connectivity index (χ4n) is 1.89. The Hall–Kier alpha value is -1.16. The average Bonchev–Trinajstić information content (AvgIpc) is 2.47. The third-order valence-corrected chi connectivity index (χ3v) is 4.08. The Bertz CT molecular complexity index is 533. The standard InChI is InChI=1S/C16H18ClNOS/c17-15-8-4-5-13(9-10-18)16(15)19-11-12-20-14-6-2-1-3-7-14/h1-8H,9-12,18H2. The van der Waals surface area contributed by atoms with Gasteiger partial charge in [0.2, 0.25) is 0 Å². The molecular weight excluding hydrogens is 290 g/mol. The van der Waals surface area contributed by atoms with Gasteiger partial charge in [-0.25, -0.2) is 0 Å². The molecule has 2 aromatic carbocycles. The van der Waals surface area contributed by atoms with Crippen molar-refractivity contribution < 1.29 is 4.74 Å². The number of hydrogen-bond acceptors (Lipinski definition) is 3. The lowest BCUT2D eigenvalue weighted by atomic mass is 10.1. The zero-order chi connectivity index (χ0) is 14.2. The van der Waals surface area contributed by atoms with E-state index in [-0.39, 0.29) is 0 Å². The first kappa shape index (κ1) is 15.2. The summed E-state index contributed by atoms with van der Waals surface area (Å²) in [5.41, 5.74) is 6.68.